The lowest BCUT2D eigenvalue weighted by molar-refractivity contribution is -0.129. The molecule has 112 valence electrons. The molecule has 1 atom stereocenters. The molecule has 8 heteroatoms. The first kappa shape index (κ1) is 15.4. The van der Waals surface area contributed by atoms with Gasteiger partial charge in [-0.25, -0.2) is 13.4 Å². The van der Waals surface area contributed by atoms with Crippen LogP contribution in [0.3, 0.4) is 0 Å². The predicted molar refractivity (Wildman–Crippen MR) is 77.6 cm³/mol. The molecule has 0 bridgehead atoms. The molecule has 2 rings (SSSR count). The normalized spacial score (nSPS) is 21.1. The van der Waals surface area contributed by atoms with E-state index in [0.717, 1.165) is 6.42 Å². The summed E-state index contributed by atoms with van der Waals surface area (Å²) in [7, 11) is 0.0186. The third-order valence-corrected chi connectivity index (χ3v) is 6.42. The molecule has 1 aliphatic rings. The first-order valence-corrected chi connectivity index (χ1v) is 8.74. The maximum Gasteiger partial charge on any atom is 0.252 e. The molecule has 20 heavy (non-hydrogen) atoms. The van der Waals surface area contributed by atoms with Crippen LogP contribution in [-0.2, 0) is 14.8 Å². The van der Waals surface area contributed by atoms with Crippen molar-refractivity contribution < 1.29 is 13.2 Å². The number of piperidine rings is 1. The highest BCUT2D eigenvalue weighted by Gasteiger charge is 2.33. The SMILES string of the molecule is CN(C)NC(=O)[C@H]1CCCN(S(=O)(=O)c2cccs2)C1. The van der Waals surface area contributed by atoms with Crippen LogP contribution < -0.4 is 5.43 Å². The van der Waals surface area contributed by atoms with Gasteiger partial charge in [-0.2, -0.15) is 4.31 Å². The van der Waals surface area contributed by atoms with Gasteiger partial charge in [0.1, 0.15) is 4.21 Å². The zero-order chi connectivity index (χ0) is 14.8. The molecule has 1 aromatic heterocycles. The van der Waals surface area contributed by atoms with Crippen LogP contribution in [0.4, 0.5) is 0 Å². The molecule has 0 saturated carbocycles. The lowest BCUT2D eigenvalue weighted by atomic mass is 9.99. The average Bonchev–Trinajstić information content (AvgIpc) is 2.92. The highest BCUT2D eigenvalue weighted by atomic mass is 32.2. The molecular formula is C12H19N3O3S2. The first-order valence-electron chi connectivity index (χ1n) is 6.42. The molecule has 0 radical (unpaired) electrons. The monoisotopic (exact) mass is 317 g/mol. The van der Waals surface area contributed by atoms with Crippen molar-refractivity contribution in [1.29, 1.82) is 0 Å². The molecule has 1 aromatic rings. The molecule has 0 aromatic carbocycles. The molecule has 6 nitrogen and oxygen atoms in total. The van der Waals surface area contributed by atoms with Crippen LogP contribution in [-0.4, -0.2) is 50.8 Å². The minimum atomic E-state index is -3.46. The highest BCUT2D eigenvalue weighted by molar-refractivity contribution is 7.91. The van der Waals surface area contributed by atoms with Gasteiger partial charge in [0.2, 0.25) is 5.91 Å². The molecule has 1 amide bonds. The van der Waals surface area contributed by atoms with Crippen LogP contribution in [0, 0.1) is 5.92 Å². The van der Waals surface area contributed by atoms with Crippen LogP contribution in [0.15, 0.2) is 21.7 Å². The van der Waals surface area contributed by atoms with Crippen molar-refractivity contribution in [1.82, 2.24) is 14.7 Å². The Kier molecular flexibility index (Phi) is 4.79. The Morgan fingerprint density at radius 1 is 1.50 bits per heavy atom. The third-order valence-electron chi connectivity index (χ3n) is 3.18. The van der Waals surface area contributed by atoms with Gasteiger partial charge in [0.15, 0.2) is 0 Å². The van der Waals surface area contributed by atoms with Gasteiger partial charge < -0.3 is 0 Å². The van der Waals surface area contributed by atoms with Gasteiger partial charge in [-0.1, -0.05) is 6.07 Å². The number of hydrogen-bond acceptors (Lipinski definition) is 5. The fraction of sp³-hybridized carbons (Fsp3) is 0.583. The number of hydrogen-bond donors (Lipinski definition) is 1. The van der Waals surface area contributed by atoms with Gasteiger partial charge >= 0.3 is 0 Å². The Hall–Kier alpha value is -0.960. The van der Waals surface area contributed by atoms with Crippen molar-refractivity contribution >= 4 is 27.3 Å². The summed E-state index contributed by atoms with van der Waals surface area (Å²) in [5.74, 6) is -0.415. The van der Waals surface area contributed by atoms with E-state index < -0.39 is 10.0 Å². The van der Waals surface area contributed by atoms with E-state index in [2.05, 4.69) is 5.43 Å². The topological polar surface area (TPSA) is 69.7 Å². The van der Waals surface area contributed by atoms with Crippen molar-refractivity contribution in [3.63, 3.8) is 0 Å². The second kappa shape index (κ2) is 6.21. The molecule has 2 heterocycles. The van der Waals surface area contributed by atoms with E-state index in [4.69, 9.17) is 0 Å². The number of thiophene rings is 1. The highest BCUT2D eigenvalue weighted by Crippen LogP contribution is 2.26. The maximum atomic E-state index is 12.4. The summed E-state index contributed by atoms with van der Waals surface area (Å²) in [6.45, 7) is 0.728. The van der Waals surface area contributed by atoms with Crippen LogP contribution in [0.5, 0.6) is 0 Å². The minimum Gasteiger partial charge on any atom is -0.289 e. The number of nitrogens with zero attached hydrogens (tertiary/aromatic N) is 2. The zero-order valence-corrected chi connectivity index (χ0v) is 13.2. The van der Waals surface area contributed by atoms with E-state index in [9.17, 15) is 13.2 Å². The van der Waals surface area contributed by atoms with Gasteiger partial charge in [-0.05, 0) is 24.3 Å². The van der Waals surface area contributed by atoms with Crippen molar-refractivity contribution in [2.24, 2.45) is 5.92 Å². The first-order chi connectivity index (χ1) is 9.41. The van der Waals surface area contributed by atoms with Gasteiger partial charge in [0, 0.05) is 27.2 Å². The van der Waals surface area contributed by atoms with Crippen molar-refractivity contribution in [3.05, 3.63) is 17.5 Å². The summed E-state index contributed by atoms with van der Waals surface area (Å²) < 4.78 is 26.6. The van der Waals surface area contributed by atoms with Gasteiger partial charge in [-0.15, -0.1) is 11.3 Å². The smallest absolute Gasteiger partial charge is 0.252 e. The lowest BCUT2D eigenvalue weighted by Gasteiger charge is -2.31. The second-order valence-corrected chi connectivity index (χ2v) is 8.12. The summed E-state index contributed by atoms with van der Waals surface area (Å²) in [5, 5.41) is 3.32. The fourth-order valence-electron chi connectivity index (χ4n) is 2.22. The number of amides is 1. The van der Waals surface area contributed by atoms with E-state index in [1.54, 1.807) is 36.6 Å². The number of carbonyl (C=O) groups excluding carboxylic acids is 1. The Balaban J connectivity index is 2.09. The molecule has 1 saturated heterocycles. The molecule has 1 fully saturated rings. The van der Waals surface area contributed by atoms with Crippen molar-refractivity contribution in [3.8, 4) is 0 Å². The molecule has 1 N–H and O–H groups in total. The van der Waals surface area contributed by atoms with E-state index in [1.165, 1.54) is 15.6 Å². The van der Waals surface area contributed by atoms with Crippen LogP contribution in [0.25, 0.3) is 0 Å². The Morgan fingerprint density at radius 2 is 2.25 bits per heavy atom. The summed E-state index contributed by atoms with van der Waals surface area (Å²) in [5.41, 5.74) is 2.69. The van der Waals surface area contributed by atoms with E-state index in [1.807, 2.05) is 0 Å². The number of sulfonamides is 1. The molecule has 1 aliphatic heterocycles. The third kappa shape index (κ3) is 3.38. The fourth-order valence-corrected chi connectivity index (χ4v) is 4.89. The number of hydrazine groups is 1. The minimum absolute atomic E-state index is 0.124. The van der Waals surface area contributed by atoms with Crippen molar-refractivity contribution in [2.75, 3.05) is 27.2 Å². The summed E-state index contributed by atoms with van der Waals surface area (Å²) in [6, 6.07) is 3.32. The standard InChI is InChI=1S/C12H19N3O3S2/c1-14(2)13-12(16)10-5-3-7-15(9-10)20(17,18)11-6-4-8-19-11/h4,6,8,10H,3,5,7,9H2,1-2H3,(H,13,16)/t10-/m0/s1. The largest absolute Gasteiger partial charge is 0.289 e. The van der Waals surface area contributed by atoms with E-state index >= 15 is 0 Å². The molecule has 0 unspecified atom stereocenters. The number of rotatable bonds is 4. The quantitative estimate of drug-likeness (QED) is 0.832. The average molecular weight is 317 g/mol. The predicted octanol–water partition coefficient (Wildman–Crippen LogP) is 0.742. The Morgan fingerprint density at radius 3 is 2.85 bits per heavy atom. The second-order valence-electron chi connectivity index (χ2n) is 5.00. The molecular weight excluding hydrogens is 298 g/mol. The van der Waals surface area contributed by atoms with E-state index in [0.29, 0.717) is 17.2 Å². The van der Waals surface area contributed by atoms with Gasteiger partial charge in [0.25, 0.3) is 10.0 Å². The Labute approximate surface area is 123 Å². The molecule has 0 aliphatic carbocycles. The van der Waals surface area contributed by atoms with Crippen molar-refractivity contribution in [2.45, 2.75) is 17.1 Å². The van der Waals surface area contributed by atoms with Crippen LogP contribution >= 0.6 is 11.3 Å². The van der Waals surface area contributed by atoms with Gasteiger partial charge in [0.05, 0.1) is 5.92 Å². The van der Waals surface area contributed by atoms with E-state index in [-0.39, 0.29) is 18.4 Å². The molecule has 0 spiro atoms. The zero-order valence-electron chi connectivity index (χ0n) is 11.6. The number of nitrogens with one attached hydrogen (secondary N) is 1. The number of carbonyl (C=O) groups is 1. The lowest BCUT2D eigenvalue weighted by Crippen LogP contribution is -2.48. The maximum absolute atomic E-state index is 12.4. The summed E-state index contributed by atoms with van der Waals surface area (Å²) in [6.07, 6.45) is 1.42. The summed E-state index contributed by atoms with van der Waals surface area (Å²) in [4.78, 5) is 12.0. The summed E-state index contributed by atoms with van der Waals surface area (Å²) >= 11 is 1.21. The Bertz CT molecular complexity index is 555. The van der Waals surface area contributed by atoms with Gasteiger partial charge in [-0.3, -0.25) is 10.2 Å². The van der Waals surface area contributed by atoms with Crippen LogP contribution in [0.2, 0.25) is 0 Å². The van der Waals surface area contributed by atoms with Crippen LogP contribution in [0.1, 0.15) is 12.8 Å².